The van der Waals surface area contributed by atoms with E-state index in [-0.39, 0.29) is 12.3 Å². The molecule has 70 valence electrons. The van der Waals surface area contributed by atoms with Crippen LogP contribution in [-0.2, 0) is 4.79 Å². The van der Waals surface area contributed by atoms with Gasteiger partial charge < -0.3 is 16.0 Å². The van der Waals surface area contributed by atoms with Crippen molar-refractivity contribution >= 4 is 11.7 Å². The topological polar surface area (TPSA) is 120 Å². The molecular formula is C5H12N4O3. The number of nitrogens with zero attached hydrogens (tertiary/aromatic N) is 1. The number of hydrogen-bond donors (Lipinski definition) is 5. The summed E-state index contributed by atoms with van der Waals surface area (Å²) in [4.78, 5) is 10.2. The first kappa shape index (κ1) is 10.8. The van der Waals surface area contributed by atoms with Gasteiger partial charge in [0.15, 0.2) is 5.71 Å². The normalized spacial score (nSPS) is 11.6. The first-order chi connectivity index (χ1) is 5.72. The van der Waals surface area contributed by atoms with Crippen molar-refractivity contribution in [1.29, 1.82) is 0 Å². The molecule has 0 aliphatic carbocycles. The first-order valence-electron chi connectivity index (χ1n) is 3.28. The van der Waals surface area contributed by atoms with Crippen LogP contribution in [0.5, 0.6) is 0 Å². The van der Waals surface area contributed by atoms with E-state index >= 15 is 0 Å². The third kappa shape index (κ3) is 4.61. The fourth-order valence-corrected chi connectivity index (χ4v) is 0.495. The Bertz CT molecular complexity index is 170. The van der Waals surface area contributed by atoms with Gasteiger partial charge in [-0.3, -0.25) is 10.6 Å². The fraction of sp³-hybridized carbons (Fsp3) is 0.600. The zero-order chi connectivity index (χ0) is 9.40. The van der Waals surface area contributed by atoms with Crippen LogP contribution >= 0.6 is 0 Å². The van der Waals surface area contributed by atoms with E-state index in [4.69, 9.17) is 16.0 Å². The lowest BCUT2D eigenvalue weighted by Gasteiger charge is -2.02. The van der Waals surface area contributed by atoms with Crippen molar-refractivity contribution in [2.45, 2.75) is 0 Å². The van der Waals surface area contributed by atoms with Gasteiger partial charge in [0.25, 0.3) is 0 Å². The Morgan fingerprint density at radius 2 is 2.17 bits per heavy atom. The standard InChI is InChI=1S/C5H12N4O3/c6-2-8-3-7-1-4(9-12)5(10)11/h7-8,12H,1-3,6H2,(H,10,11)/b9-4+. The Labute approximate surface area is 69.2 Å². The van der Waals surface area contributed by atoms with Crippen LogP contribution < -0.4 is 16.4 Å². The molecule has 12 heavy (non-hydrogen) atoms. The fourth-order valence-electron chi connectivity index (χ4n) is 0.495. The SMILES string of the molecule is NCNCNC/C(=N\O)C(=O)O. The summed E-state index contributed by atoms with van der Waals surface area (Å²) in [6.45, 7) is 0.646. The average Bonchev–Trinajstić information content (AvgIpc) is 2.04. The van der Waals surface area contributed by atoms with Crippen LogP contribution in [0.1, 0.15) is 0 Å². The first-order valence-corrected chi connectivity index (χ1v) is 3.28. The molecule has 0 fully saturated rings. The summed E-state index contributed by atoms with van der Waals surface area (Å²) in [5.41, 5.74) is 4.75. The van der Waals surface area contributed by atoms with Gasteiger partial charge in [0.2, 0.25) is 0 Å². The number of hydrogen-bond acceptors (Lipinski definition) is 6. The molecule has 7 nitrogen and oxygen atoms in total. The van der Waals surface area contributed by atoms with Crippen molar-refractivity contribution in [3.63, 3.8) is 0 Å². The minimum absolute atomic E-state index is 0.0150. The van der Waals surface area contributed by atoms with Crippen molar-refractivity contribution in [1.82, 2.24) is 10.6 Å². The second-order valence-corrected chi connectivity index (χ2v) is 1.91. The summed E-state index contributed by atoms with van der Waals surface area (Å²) in [7, 11) is 0. The number of carboxylic acid groups (broad SMARTS) is 1. The molecule has 0 atom stereocenters. The Morgan fingerprint density at radius 3 is 2.58 bits per heavy atom. The van der Waals surface area contributed by atoms with Gasteiger partial charge in [-0.15, -0.1) is 0 Å². The van der Waals surface area contributed by atoms with Gasteiger partial charge in [0.05, 0.1) is 0 Å². The van der Waals surface area contributed by atoms with Gasteiger partial charge in [-0.2, -0.15) is 0 Å². The third-order valence-corrected chi connectivity index (χ3v) is 1.05. The average molecular weight is 176 g/mol. The lowest BCUT2D eigenvalue weighted by molar-refractivity contribution is -0.129. The predicted molar refractivity (Wildman–Crippen MR) is 41.9 cm³/mol. The molecule has 0 spiro atoms. The van der Waals surface area contributed by atoms with Crippen molar-refractivity contribution < 1.29 is 15.1 Å². The van der Waals surface area contributed by atoms with Crippen LogP contribution in [0.3, 0.4) is 0 Å². The highest BCUT2D eigenvalue weighted by Gasteiger charge is 2.07. The molecule has 0 aromatic heterocycles. The lowest BCUT2D eigenvalue weighted by Crippen LogP contribution is -2.37. The molecule has 0 rings (SSSR count). The van der Waals surface area contributed by atoms with Crippen LogP contribution in [0.2, 0.25) is 0 Å². The summed E-state index contributed by atoms with van der Waals surface area (Å²) in [6.07, 6.45) is 0. The van der Waals surface area contributed by atoms with Crippen molar-refractivity contribution in [3.8, 4) is 0 Å². The summed E-state index contributed by atoms with van der Waals surface area (Å²) >= 11 is 0. The number of rotatable bonds is 6. The quantitative estimate of drug-likeness (QED) is 0.104. The van der Waals surface area contributed by atoms with E-state index in [0.29, 0.717) is 13.3 Å². The highest BCUT2D eigenvalue weighted by molar-refractivity contribution is 6.36. The summed E-state index contributed by atoms with van der Waals surface area (Å²) < 4.78 is 0. The number of carbonyl (C=O) groups is 1. The van der Waals surface area contributed by atoms with Crippen molar-refractivity contribution in [2.75, 3.05) is 19.9 Å². The Kier molecular flexibility index (Phi) is 5.88. The molecule has 0 radical (unpaired) electrons. The van der Waals surface area contributed by atoms with E-state index < -0.39 is 5.97 Å². The van der Waals surface area contributed by atoms with Crippen LogP contribution in [0.25, 0.3) is 0 Å². The molecule has 0 aliphatic rings. The maximum Gasteiger partial charge on any atom is 0.355 e. The maximum absolute atomic E-state index is 10.2. The van der Waals surface area contributed by atoms with Crippen molar-refractivity contribution in [2.24, 2.45) is 10.9 Å². The number of carboxylic acids is 1. The zero-order valence-corrected chi connectivity index (χ0v) is 6.45. The number of oxime groups is 1. The van der Waals surface area contributed by atoms with Crippen LogP contribution in [0.4, 0.5) is 0 Å². The van der Waals surface area contributed by atoms with Crippen LogP contribution in [0.15, 0.2) is 5.16 Å². The molecule has 0 aromatic rings. The molecule has 0 saturated heterocycles. The Hall–Kier alpha value is -1.18. The monoisotopic (exact) mass is 176 g/mol. The summed E-state index contributed by atoms with van der Waals surface area (Å²) in [5, 5.41) is 24.5. The summed E-state index contributed by atoms with van der Waals surface area (Å²) in [6, 6.07) is 0. The minimum atomic E-state index is -1.25. The van der Waals surface area contributed by atoms with Crippen LogP contribution in [-0.4, -0.2) is 41.9 Å². The van der Waals surface area contributed by atoms with E-state index in [9.17, 15) is 4.79 Å². The highest BCUT2D eigenvalue weighted by Crippen LogP contribution is 1.74. The van der Waals surface area contributed by atoms with E-state index in [0.717, 1.165) is 0 Å². The van der Waals surface area contributed by atoms with Gasteiger partial charge >= 0.3 is 5.97 Å². The van der Waals surface area contributed by atoms with Crippen LogP contribution in [0, 0.1) is 0 Å². The highest BCUT2D eigenvalue weighted by atomic mass is 16.4. The molecule has 0 aliphatic heterocycles. The number of nitrogens with one attached hydrogen (secondary N) is 2. The second-order valence-electron chi connectivity index (χ2n) is 1.91. The van der Waals surface area contributed by atoms with Gasteiger partial charge in [-0.05, 0) is 0 Å². The molecule has 0 heterocycles. The van der Waals surface area contributed by atoms with Crippen molar-refractivity contribution in [3.05, 3.63) is 0 Å². The number of aliphatic carboxylic acids is 1. The second kappa shape index (κ2) is 6.53. The third-order valence-electron chi connectivity index (χ3n) is 1.05. The smallest absolute Gasteiger partial charge is 0.355 e. The van der Waals surface area contributed by atoms with Gasteiger partial charge in [-0.1, -0.05) is 5.16 Å². The van der Waals surface area contributed by atoms with E-state index in [2.05, 4.69) is 15.8 Å². The van der Waals surface area contributed by atoms with Gasteiger partial charge in [0.1, 0.15) is 0 Å². The molecule has 7 heteroatoms. The zero-order valence-electron chi connectivity index (χ0n) is 6.45. The van der Waals surface area contributed by atoms with Gasteiger partial charge in [0, 0.05) is 19.9 Å². The van der Waals surface area contributed by atoms with Gasteiger partial charge in [-0.25, -0.2) is 4.79 Å². The van der Waals surface area contributed by atoms with E-state index in [1.807, 2.05) is 0 Å². The molecular weight excluding hydrogens is 164 g/mol. The minimum Gasteiger partial charge on any atom is -0.477 e. The molecule has 0 bridgehead atoms. The summed E-state index contributed by atoms with van der Waals surface area (Å²) in [5.74, 6) is -1.25. The largest absolute Gasteiger partial charge is 0.477 e. The Balaban J connectivity index is 3.54. The lowest BCUT2D eigenvalue weighted by atomic mass is 10.4. The molecule has 0 aromatic carbocycles. The molecule has 0 unspecified atom stereocenters. The maximum atomic E-state index is 10.2. The number of nitrogens with two attached hydrogens (primary N) is 1. The van der Waals surface area contributed by atoms with E-state index in [1.165, 1.54) is 0 Å². The molecule has 0 saturated carbocycles. The molecule has 0 amide bonds. The van der Waals surface area contributed by atoms with E-state index in [1.54, 1.807) is 0 Å². The predicted octanol–water partition coefficient (Wildman–Crippen LogP) is -2.05. The Morgan fingerprint density at radius 1 is 1.50 bits per heavy atom. The molecule has 6 N–H and O–H groups in total.